The molecule has 0 aliphatic heterocycles. The van der Waals surface area contributed by atoms with E-state index < -0.39 is 5.97 Å². The van der Waals surface area contributed by atoms with Gasteiger partial charge >= 0.3 is 5.97 Å². The molecule has 1 heterocycles. The number of carbonyl (C=O) groups is 2. The Hall–Kier alpha value is -2.63. The number of aliphatic carboxylic acids is 1. The van der Waals surface area contributed by atoms with E-state index in [1.807, 2.05) is 26.0 Å². The van der Waals surface area contributed by atoms with Crippen LogP contribution in [0, 0.1) is 19.8 Å². The molecule has 1 aromatic heterocycles. The molecule has 0 saturated heterocycles. The maximum absolute atomic E-state index is 12.2. The smallest absolute Gasteiger partial charge is 0.303 e. The van der Waals surface area contributed by atoms with Crippen LogP contribution < -0.4 is 5.32 Å². The molecule has 2 aromatic rings. The SMILES string of the molecule is Cc1nn(-c2ccc(C(=O)N[C@@H]3C[C@H]3C)cc2)c(C)c1CCC(=O)O. The molecule has 3 rings (SSSR count). The molecule has 0 unspecified atom stereocenters. The van der Waals surface area contributed by atoms with E-state index >= 15 is 0 Å². The molecule has 0 bridgehead atoms. The van der Waals surface area contributed by atoms with E-state index in [4.69, 9.17) is 5.11 Å². The minimum Gasteiger partial charge on any atom is -0.481 e. The Bertz CT molecular complexity index is 808. The van der Waals surface area contributed by atoms with Gasteiger partial charge < -0.3 is 10.4 Å². The van der Waals surface area contributed by atoms with Crippen molar-refractivity contribution in [2.24, 2.45) is 5.92 Å². The summed E-state index contributed by atoms with van der Waals surface area (Å²) in [5.41, 5.74) is 4.23. The van der Waals surface area contributed by atoms with Gasteiger partial charge in [0.25, 0.3) is 5.91 Å². The van der Waals surface area contributed by atoms with Gasteiger partial charge in [0, 0.05) is 23.7 Å². The number of nitrogens with one attached hydrogen (secondary N) is 1. The fourth-order valence-electron chi connectivity index (χ4n) is 3.05. The molecule has 132 valence electrons. The van der Waals surface area contributed by atoms with Crippen LogP contribution in [0.15, 0.2) is 24.3 Å². The second kappa shape index (κ2) is 6.70. The lowest BCUT2D eigenvalue weighted by Crippen LogP contribution is -2.26. The monoisotopic (exact) mass is 341 g/mol. The molecule has 1 saturated carbocycles. The predicted molar refractivity (Wildman–Crippen MR) is 94.0 cm³/mol. The van der Waals surface area contributed by atoms with Crippen LogP contribution in [0.5, 0.6) is 0 Å². The molecule has 0 radical (unpaired) electrons. The summed E-state index contributed by atoms with van der Waals surface area (Å²) in [6, 6.07) is 7.63. The number of carboxylic acid groups (broad SMARTS) is 1. The highest BCUT2D eigenvalue weighted by atomic mass is 16.4. The molecular weight excluding hydrogens is 318 g/mol. The minimum absolute atomic E-state index is 0.0450. The molecule has 6 nitrogen and oxygen atoms in total. The van der Waals surface area contributed by atoms with Crippen molar-refractivity contribution in [1.82, 2.24) is 15.1 Å². The molecule has 2 atom stereocenters. The van der Waals surface area contributed by atoms with Crippen molar-refractivity contribution in [3.63, 3.8) is 0 Å². The third-order valence-electron chi connectivity index (χ3n) is 4.83. The number of benzene rings is 1. The van der Waals surface area contributed by atoms with Crippen LogP contribution in [0.3, 0.4) is 0 Å². The number of carbonyl (C=O) groups excluding carboxylic acids is 1. The summed E-state index contributed by atoms with van der Waals surface area (Å²) in [5.74, 6) is -0.287. The first-order chi connectivity index (χ1) is 11.9. The van der Waals surface area contributed by atoms with Gasteiger partial charge in [-0.15, -0.1) is 0 Å². The lowest BCUT2D eigenvalue weighted by Gasteiger charge is -2.08. The first kappa shape index (κ1) is 17.2. The summed E-state index contributed by atoms with van der Waals surface area (Å²) < 4.78 is 1.80. The fraction of sp³-hybridized carbons (Fsp3) is 0.421. The number of hydrogen-bond acceptors (Lipinski definition) is 3. The number of amides is 1. The van der Waals surface area contributed by atoms with Crippen LogP contribution in [0.25, 0.3) is 5.69 Å². The normalized spacial score (nSPS) is 18.8. The predicted octanol–water partition coefficient (Wildman–Crippen LogP) is 2.64. The molecule has 2 N–H and O–H groups in total. The first-order valence-corrected chi connectivity index (χ1v) is 8.55. The van der Waals surface area contributed by atoms with Gasteiger partial charge in [-0.3, -0.25) is 9.59 Å². The van der Waals surface area contributed by atoms with Crippen LogP contribution in [-0.4, -0.2) is 32.8 Å². The molecular formula is C19H23N3O3. The Kier molecular flexibility index (Phi) is 4.61. The van der Waals surface area contributed by atoms with E-state index in [1.54, 1.807) is 16.8 Å². The van der Waals surface area contributed by atoms with E-state index in [0.717, 1.165) is 29.1 Å². The Labute approximate surface area is 146 Å². The first-order valence-electron chi connectivity index (χ1n) is 8.55. The summed E-state index contributed by atoms with van der Waals surface area (Å²) in [4.78, 5) is 23.0. The Morgan fingerprint density at radius 2 is 1.92 bits per heavy atom. The standard InChI is InChI=1S/C19H23N3O3/c1-11-10-17(11)20-19(25)14-4-6-15(7-5-14)22-13(3)16(12(2)21-22)8-9-18(23)24/h4-7,11,17H,8-10H2,1-3H3,(H,20,25)(H,23,24)/t11-,17-/m1/s1. The van der Waals surface area contributed by atoms with Crippen LogP contribution in [0.1, 0.15) is 47.1 Å². The summed E-state index contributed by atoms with van der Waals surface area (Å²) in [5, 5.41) is 16.4. The lowest BCUT2D eigenvalue weighted by atomic mass is 10.1. The molecule has 1 aromatic carbocycles. The Balaban J connectivity index is 1.77. The zero-order valence-corrected chi connectivity index (χ0v) is 14.7. The van der Waals surface area contributed by atoms with Gasteiger partial charge in [-0.2, -0.15) is 5.10 Å². The number of rotatable bonds is 6. The molecule has 1 aliphatic rings. The largest absolute Gasteiger partial charge is 0.481 e. The summed E-state index contributed by atoms with van der Waals surface area (Å²) in [7, 11) is 0. The van der Waals surface area contributed by atoms with Gasteiger partial charge in [0.05, 0.1) is 11.4 Å². The molecule has 6 heteroatoms. The van der Waals surface area contributed by atoms with Crippen molar-refractivity contribution in [2.75, 3.05) is 0 Å². The number of hydrogen-bond donors (Lipinski definition) is 2. The van der Waals surface area contributed by atoms with E-state index in [-0.39, 0.29) is 12.3 Å². The van der Waals surface area contributed by atoms with Crippen LogP contribution in [-0.2, 0) is 11.2 Å². The second-order valence-corrected chi connectivity index (χ2v) is 6.79. The zero-order chi connectivity index (χ0) is 18.1. The number of nitrogens with zero attached hydrogens (tertiary/aromatic N) is 2. The lowest BCUT2D eigenvalue weighted by molar-refractivity contribution is -0.136. The number of aryl methyl sites for hydroxylation is 1. The Morgan fingerprint density at radius 3 is 2.48 bits per heavy atom. The van der Waals surface area contributed by atoms with Crippen molar-refractivity contribution in [3.8, 4) is 5.69 Å². The third-order valence-corrected chi connectivity index (χ3v) is 4.83. The van der Waals surface area contributed by atoms with Crippen molar-refractivity contribution in [1.29, 1.82) is 0 Å². The quantitative estimate of drug-likeness (QED) is 0.846. The van der Waals surface area contributed by atoms with E-state index in [0.29, 0.717) is 23.9 Å². The average Bonchev–Trinajstić information content (AvgIpc) is 3.18. The maximum atomic E-state index is 12.2. The van der Waals surface area contributed by atoms with Crippen molar-refractivity contribution in [2.45, 2.75) is 46.1 Å². The van der Waals surface area contributed by atoms with Gasteiger partial charge in [0.2, 0.25) is 0 Å². The summed E-state index contributed by atoms with van der Waals surface area (Å²) in [6.45, 7) is 5.95. The third kappa shape index (κ3) is 3.73. The van der Waals surface area contributed by atoms with Gasteiger partial charge in [-0.25, -0.2) is 4.68 Å². The maximum Gasteiger partial charge on any atom is 0.303 e. The van der Waals surface area contributed by atoms with Gasteiger partial charge in [0.1, 0.15) is 0 Å². The highest BCUT2D eigenvalue weighted by Gasteiger charge is 2.33. The number of aromatic nitrogens is 2. The summed E-state index contributed by atoms with van der Waals surface area (Å²) >= 11 is 0. The average molecular weight is 341 g/mol. The summed E-state index contributed by atoms with van der Waals surface area (Å²) in [6.07, 6.45) is 1.60. The van der Waals surface area contributed by atoms with Crippen LogP contribution >= 0.6 is 0 Å². The van der Waals surface area contributed by atoms with Crippen LogP contribution in [0.4, 0.5) is 0 Å². The van der Waals surface area contributed by atoms with Crippen LogP contribution in [0.2, 0.25) is 0 Å². The molecule has 1 aliphatic carbocycles. The highest BCUT2D eigenvalue weighted by molar-refractivity contribution is 5.94. The Morgan fingerprint density at radius 1 is 1.28 bits per heavy atom. The zero-order valence-electron chi connectivity index (χ0n) is 14.7. The van der Waals surface area contributed by atoms with Gasteiger partial charge in [0.15, 0.2) is 0 Å². The highest BCUT2D eigenvalue weighted by Crippen LogP contribution is 2.29. The molecule has 0 spiro atoms. The fourth-order valence-corrected chi connectivity index (χ4v) is 3.05. The molecule has 25 heavy (non-hydrogen) atoms. The van der Waals surface area contributed by atoms with Crippen molar-refractivity contribution < 1.29 is 14.7 Å². The van der Waals surface area contributed by atoms with Crippen molar-refractivity contribution >= 4 is 11.9 Å². The minimum atomic E-state index is -0.813. The number of carboxylic acids is 1. The van der Waals surface area contributed by atoms with E-state index in [2.05, 4.69) is 17.3 Å². The molecule has 1 fully saturated rings. The van der Waals surface area contributed by atoms with E-state index in [1.165, 1.54) is 0 Å². The van der Waals surface area contributed by atoms with Gasteiger partial charge in [-0.05, 0) is 62.4 Å². The van der Waals surface area contributed by atoms with Gasteiger partial charge in [-0.1, -0.05) is 6.92 Å². The topological polar surface area (TPSA) is 84.2 Å². The van der Waals surface area contributed by atoms with E-state index in [9.17, 15) is 9.59 Å². The second-order valence-electron chi connectivity index (χ2n) is 6.79. The van der Waals surface area contributed by atoms with Crippen molar-refractivity contribution in [3.05, 3.63) is 46.8 Å². The molecule has 1 amide bonds.